The van der Waals surface area contributed by atoms with Gasteiger partial charge in [0.05, 0.1) is 23.7 Å². The second kappa shape index (κ2) is 8.79. The van der Waals surface area contributed by atoms with Crippen LogP contribution in [-0.2, 0) is 16.0 Å². The number of hydrogen-bond donors (Lipinski definition) is 1. The number of rotatable bonds is 5. The second-order valence-electron chi connectivity index (χ2n) is 6.90. The molecule has 0 aliphatic carbocycles. The highest BCUT2D eigenvalue weighted by Crippen LogP contribution is 2.26. The number of esters is 1. The number of fused-ring (bicyclic) bond motifs is 2. The van der Waals surface area contributed by atoms with Gasteiger partial charge in [-0.2, -0.15) is 0 Å². The molecule has 0 unspecified atom stereocenters. The minimum absolute atomic E-state index is 0.328. The van der Waals surface area contributed by atoms with Crippen molar-refractivity contribution in [1.29, 1.82) is 0 Å². The smallest absolute Gasteiger partial charge is 0.328 e. The standard InChI is InChI=1S/C24H19IN2O3/c1-30-24(29)21(14-15-10-12-16(25)13-11-15)27-23(28)22-17-6-2-4-8-19(17)26-20-9-5-3-7-18(20)22/h2-13,21H,14H2,1H3,(H,27,28)/t21-/m1/s1. The Kier molecular flexibility index (Phi) is 5.94. The van der Waals surface area contributed by atoms with Crippen LogP contribution in [0.4, 0.5) is 0 Å². The monoisotopic (exact) mass is 510 g/mol. The number of nitrogens with zero attached hydrogens (tertiary/aromatic N) is 1. The predicted octanol–water partition coefficient (Wildman–Crippen LogP) is 4.51. The predicted molar refractivity (Wildman–Crippen MR) is 125 cm³/mol. The number of para-hydroxylation sites is 2. The molecule has 0 saturated carbocycles. The number of nitrogens with one attached hydrogen (secondary N) is 1. The Labute approximate surface area is 187 Å². The van der Waals surface area contributed by atoms with Gasteiger partial charge in [-0.3, -0.25) is 4.79 Å². The summed E-state index contributed by atoms with van der Waals surface area (Å²) < 4.78 is 6.05. The lowest BCUT2D eigenvalue weighted by Gasteiger charge is -2.18. The van der Waals surface area contributed by atoms with Gasteiger partial charge < -0.3 is 10.1 Å². The van der Waals surface area contributed by atoms with E-state index in [1.165, 1.54) is 7.11 Å². The van der Waals surface area contributed by atoms with Crippen LogP contribution in [0.15, 0.2) is 72.8 Å². The molecule has 0 radical (unpaired) electrons. The Morgan fingerprint density at radius 3 is 2.07 bits per heavy atom. The zero-order chi connectivity index (χ0) is 21.1. The normalized spacial score (nSPS) is 11.9. The van der Waals surface area contributed by atoms with E-state index in [4.69, 9.17) is 4.74 Å². The maximum Gasteiger partial charge on any atom is 0.328 e. The van der Waals surface area contributed by atoms with Crippen molar-refractivity contribution in [2.75, 3.05) is 7.11 Å². The molecule has 4 aromatic rings. The fourth-order valence-corrected chi connectivity index (χ4v) is 3.87. The lowest BCUT2D eigenvalue weighted by atomic mass is 10.0. The molecule has 1 N–H and O–H groups in total. The lowest BCUT2D eigenvalue weighted by molar-refractivity contribution is -0.142. The summed E-state index contributed by atoms with van der Waals surface area (Å²) in [5.74, 6) is -0.810. The van der Waals surface area contributed by atoms with Crippen molar-refractivity contribution in [2.45, 2.75) is 12.5 Å². The number of pyridine rings is 1. The van der Waals surface area contributed by atoms with E-state index in [1.54, 1.807) is 0 Å². The summed E-state index contributed by atoms with van der Waals surface area (Å²) in [5, 5.41) is 4.37. The highest BCUT2D eigenvalue weighted by atomic mass is 127. The lowest BCUT2D eigenvalue weighted by Crippen LogP contribution is -2.43. The minimum atomic E-state index is -0.798. The molecule has 1 heterocycles. The van der Waals surface area contributed by atoms with Crippen molar-refractivity contribution in [3.63, 3.8) is 0 Å². The quantitative estimate of drug-likeness (QED) is 0.244. The second-order valence-corrected chi connectivity index (χ2v) is 8.15. The Bertz CT molecular complexity index is 1180. The molecule has 0 bridgehead atoms. The summed E-state index contributed by atoms with van der Waals surface area (Å²) in [5.41, 5.74) is 2.91. The van der Waals surface area contributed by atoms with Crippen LogP contribution in [-0.4, -0.2) is 30.0 Å². The maximum absolute atomic E-state index is 13.4. The van der Waals surface area contributed by atoms with E-state index in [0.29, 0.717) is 12.0 Å². The average molecular weight is 510 g/mol. The summed E-state index contributed by atoms with van der Waals surface area (Å²) in [7, 11) is 1.33. The molecule has 0 aliphatic rings. The molecule has 5 nitrogen and oxygen atoms in total. The van der Waals surface area contributed by atoms with E-state index in [9.17, 15) is 9.59 Å². The number of ether oxygens (including phenoxy) is 1. The molecule has 1 aromatic heterocycles. The first-order chi connectivity index (χ1) is 14.6. The average Bonchev–Trinajstić information content (AvgIpc) is 2.77. The number of aromatic nitrogens is 1. The summed E-state index contributed by atoms with van der Waals surface area (Å²) in [4.78, 5) is 30.5. The zero-order valence-electron chi connectivity index (χ0n) is 16.3. The van der Waals surface area contributed by atoms with Gasteiger partial charge in [0.2, 0.25) is 0 Å². The van der Waals surface area contributed by atoms with E-state index >= 15 is 0 Å². The Hall–Kier alpha value is -3.00. The van der Waals surface area contributed by atoms with Crippen molar-refractivity contribution in [3.05, 3.63) is 87.5 Å². The molecule has 4 rings (SSSR count). The van der Waals surface area contributed by atoms with Crippen LogP contribution in [0.5, 0.6) is 0 Å². The first kappa shape index (κ1) is 20.3. The van der Waals surface area contributed by atoms with E-state index in [-0.39, 0.29) is 5.91 Å². The van der Waals surface area contributed by atoms with Crippen molar-refractivity contribution in [3.8, 4) is 0 Å². The number of benzene rings is 3. The van der Waals surface area contributed by atoms with Crippen LogP contribution in [0, 0.1) is 3.57 Å². The molecule has 0 saturated heterocycles. The van der Waals surface area contributed by atoms with Crippen LogP contribution >= 0.6 is 22.6 Å². The Morgan fingerprint density at radius 1 is 0.933 bits per heavy atom. The summed E-state index contributed by atoms with van der Waals surface area (Å²) in [6, 6.07) is 22.1. The molecule has 1 amide bonds. The van der Waals surface area contributed by atoms with Gasteiger partial charge in [-0.15, -0.1) is 0 Å². The van der Waals surface area contributed by atoms with E-state index in [0.717, 1.165) is 30.9 Å². The summed E-state index contributed by atoms with van der Waals surface area (Å²) in [6.45, 7) is 0. The third kappa shape index (κ3) is 4.14. The third-order valence-corrected chi connectivity index (χ3v) is 5.68. The number of hydrogen-bond acceptors (Lipinski definition) is 4. The van der Waals surface area contributed by atoms with Gasteiger partial charge in [0, 0.05) is 20.8 Å². The van der Waals surface area contributed by atoms with Crippen LogP contribution < -0.4 is 5.32 Å². The minimum Gasteiger partial charge on any atom is -0.467 e. The number of methoxy groups -OCH3 is 1. The van der Waals surface area contributed by atoms with Crippen molar-refractivity contribution < 1.29 is 14.3 Å². The molecule has 6 heteroatoms. The molecule has 150 valence electrons. The van der Waals surface area contributed by atoms with Gasteiger partial charge in [0.25, 0.3) is 5.91 Å². The molecule has 0 spiro atoms. The third-order valence-electron chi connectivity index (χ3n) is 4.96. The number of amides is 1. The van der Waals surface area contributed by atoms with Crippen molar-refractivity contribution in [1.82, 2.24) is 10.3 Å². The number of carbonyl (C=O) groups is 2. The molecule has 1 atom stereocenters. The van der Waals surface area contributed by atoms with Crippen LogP contribution in [0.25, 0.3) is 21.8 Å². The van der Waals surface area contributed by atoms with E-state index < -0.39 is 12.0 Å². The SMILES string of the molecule is COC(=O)[C@@H](Cc1ccc(I)cc1)NC(=O)c1c2ccccc2nc2ccccc12. The van der Waals surface area contributed by atoms with Gasteiger partial charge in [0.1, 0.15) is 6.04 Å². The number of carbonyl (C=O) groups excluding carboxylic acids is 2. The summed E-state index contributed by atoms with van der Waals surface area (Å²) in [6.07, 6.45) is 0.344. The molecule has 0 aliphatic heterocycles. The topological polar surface area (TPSA) is 68.3 Å². The molecular weight excluding hydrogens is 491 g/mol. The fourth-order valence-electron chi connectivity index (χ4n) is 3.51. The van der Waals surface area contributed by atoms with Crippen molar-refractivity contribution >= 4 is 56.3 Å². The zero-order valence-corrected chi connectivity index (χ0v) is 18.4. The highest BCUT2D eigenvalue weighted by molar-refractivity contribution is 14.1. The Balaban J connectivity index is 1.74. The van der Waals surface area contributed by atoms with Crippen LogP contribution in [0.2, 0.25) is 0 Å². The van der Waals surface area contributed by atoms with Crippen LogP contribution in [0.3, 0.4) is 0 Å². The van der Waals surface area contributed by atoms with Crippen molar-refractivity contribution in [2.24, 2.45) is 0 Å². The molecular formula is C24H19IN2O3. The van der Waals surface area contributed by atoms with Crippen LogP contribution in [0.1, 0.15) is 15.9 Å². The van der Waals surface area contributed by atoms with Gasteiger partial charge in [-0.05, 0) is 52.4 Å². The van der Waals surface area contributed by atoms with E-state index in [1.807, 2.05) is 72.8 Å². The molecule has 0 fully saturated rings. The van der Waals surface area contributed by atoms with Gasteiger partial charge in [0.15, 0.2) is 0 Å². The molecule has 3 aromatic carbocycles. The first-order valence-electron chi connectivity index (χ1n) is 9.47. The number of halogens is 1. The maximum atomic E-state index is 13.4. The Morgan fingerprint density at radius 2 is 1.50 bits per heavy atom. The van der Waals surface area contributed by atoms with Gasteiger partial charge >= 0.3 is 5.97 Å². The highest BCUT2D eigenvalue weighted by Gasteiger charge is 2.25. The fraction of sp³-hybridized carbons (Fsp3) is 0.125. The van der Waals surface area contributed by atoms with Gasteiger partial charge in [-0.1, -0.05) is 48.5 Å². The largest absolute Gasteiger partial charge is 0.467 e. The summed E-state index contributed by atoms with van der Waals surface area (Å²) >= 11 is 2.23. The molecule has 30 heavy (non-hydrogen) atoms. The first-order valence-corrected chi connectivity index (χ1v) is 10.6. The van der Waals surface area contributed by atoms with Gasteiger partial charge in [-0.25, -0.2) is 9.78 Å². The van der Waals surface area contributed by atoms with E-state index in [2.05, 4.69) is 32.9 Å².